The van der Waals surface area contributed by atoms with Crippen molar-refractivity contribution in [2.45, 2.75) is 0 Å². The van der Waals surface area contributed by atoms with Crippen molar-refractivity contribution in [2.24, 2.45) is 0 Å². The van der Waals surface area contributed by atoms with E-state index in [2.05, 4.69) is 169 Å². The topological polar surface area (TPSA) is 29.5 Å². The largest absolute Gasteiger partial charge is 0.455 e. The van der Waals surface area contributed by atoms with Gasteiger partial charge in [0, 0.05) is 59.5 Å². The summed E-state index contributed by atoms with van der Waals surface area (Å²) in [7, 11) is 0. The third-order valence-corrected chi connectivity index (χ3v) is 12.5. The zero-order valence-corrected chi connectivity index (χ0v) is 30.9. The van der Waals surface area contributed by atoms with Gasteiger partial charge in [-0.1, -0.05) is 140 Å². The summed E-state index contributed by atoms with van der Waals surface area (Å²) < 4.78 is 15.4. The highest BCUT2D eigenvalue weighted by molar-refractivity contribution is 7.26. The predicted molar refractivity (Wildman–Crippen MR) is 237 cm³/mol. The van der Waals surface area contributed by atoms with Crippen LogP contribution >= 0.6 is 11.3 Å². The molecule has 0 aliphatic carbocycles. The summed E-state index contributed by atoms with van der Waals surface area (Å²) in [6.07, 6.45) is 0. The van der Waals surface area contributed by atoms with Crippen molar-refractivity contribution in [2.75, 3.05) is 4.90 Å². The molecule has 0 radical (unpaired) electrons. The molecule has 0 saturated heterocycles. The number of hydrogen-bond donors (Lipinski definition) is 0. The van der Waals surface area contributed by atoms with Gasteiger partial charge in [-0.15, -0.1) is 11.3 Å². The molecule has 0 bridgehead atoms. The molecular formula is C52H31NO2S. The monoisotopic (exact) mass is 733 g/mol. The number of furan rings is 2. The molecule has 12 aromatic rings. The van der Waals surface area contributed by atoms with E-state index in [1.807, 2.05) is 35.6 Å². The first-order valence-electron chi connectivity index (χ1n) is 18.9. The third-order valence-electron chi connectivity index (χ3n) is 11.3. The number of hydrogen-bond acceptors (Lipinski definition) is 4. The molecule has 0 fully saturated rings. The van der Waals surface area contributed by atoms with Gasteiger partial charge in [0.15, 0.2) is 0 Å². The van der Waals surface area contributed by atoms with Crippen molar-refractivity contribution >= 4 is 103 Å². The van der Waals surface area contributed by atoms with E-state index >= 15 is 0 Å². The molecule has 0 aliphatic rings. The molecule has 0 saturated carbocycles. The zero-order valence-electron chi connectivity index (χ0n) is 30.1. The Labute approximate surface area is 325 Å². The molecule has 0 amide bonds. The Balaban J connectivity index is 1.05. The molecule has 3 heterocycles. The summed E-state index contributed by atoms with van der Waals surface area (Å²) in [6, 6.07) is 67.2. The summed E-state index contributed by atoms with van der Waals surface area (Å²) in [5, 5.41) is 9.60. The second kappa shape index (κ2) is 12.2. The number of rotatable bonds is 5. The maximum Gasteiger partial charge on any atom is 0.143 e. The maximum atomic E-state index is 6.45. The number of anilines is 3. The van der Waals surface area contributed by atoms with E-state index in [0.717, 1.165) is 83.2 Å². The van der Waals surface area contributed by atoms with Crippen LogP contribution in [0.2, 0.25) is 0 Å². The highest BCUT2D eigenvalue weighted by Gasteiger charge is 2.22. The number of benzene rings is 9. The minimum Gasteiger partial charge on any atom is -0.455 e. The second-order valence-electron chi connectivity index (χ2n) is 14.4. The van der Waals surface area contributed by atoms with Gasteiger partial charge in [-0.05, 0) is 70.4 Å². The normalized spacial score (nSPS) is 11.9. The predicted octanol–water partition coefficient (Wildman–Crippen LogP) is 15.8. The fourth-order valence-corrected chi connectivity index (χ4v) is 9.90. The van der Waals surface area contributed by atoms with Crippen LogP contribution in [0.3, 0.4) is 0 Å². The highest BCUT2D eigenvalue weighted by Crippen LogP contribution is 2.49. The lowest BCUT2D eigenvalue weighted by Crippen LogP contribution is -2.10. The van der Waals surface area contributed by atoms with Crippen LogP contribution in [0.5, 0.6) is 0 Å². The molecule has 0 atom stereocenters. The van der Waals surface area contributed by atoms with Crippen molar-refractivity contribution < 1.29 is 8.83 Å². The van der Waals surface area contributed by atoms with Gasteiger partial charge in [0.1, 0.15) is 22.3 Å². The molecule has 4 heteroatoms. The molecule has 0 N–H and O–H groups in total. The van der Waals surface area contributed by atoms with Gasteiger partial charge in [0.25, 0.3) is 0 Å². The average molecular weight is 734 g/mol. The van der Waals surface area contributed by atoms with Crippen molar-refractivity contribution in [3.63, 3.8) is 0 Å². The van der Waals surface area contributed by atoms with Crippen molar-refractivity contribution in [3.8, 4) is 22.3 Å². The Morgan fingerprint density at radius 3 is 1.46 bits per heavy atom. The summed E-state index contributed by atoms with van der Waals surface area (Å²) in [6.45, 7) is 0. The molecule has 3 nitrogen and oxygen atoms in total. The van der Waals surface area contributed by atoms with E-state index in [0.29, 0.717) is 0 Å². The smallest absolute Gasteiger partial charge is 0.143 e. The van der Waals surface area contributed by atoms with Gasteiger partial charge in [0.05, 0.1) is 10.4 Å². The van der Waals surface area contributed by atoms with Crippen LogP contribution in [0.4, 0.5) is 17.1 Å². The van der Waals surface area contributed by atoms with Gasteiger partial charge in [-0.2, -0.15) is 0 Å². The lowest BCUT2D eigenvalue weighted by atomic mass is 9.99. The summed E-state index contributed by atoms with van der Waals surface area (Å²) in [5.74, 6) is 0. The van der Waals surface area contributed by atoms with Gasteiger partial charge in [0.2, 0.25) is 0 Å². The molecule has 262 valence electrons. The first-order valence-corrected chi connectivity index (χ1v) is 19.7. The first kappa shape index (κ1) is 31.2. The molecule has 0 aliphatic heterocycles. The highest BCUT2D eigenvalue weighted by atomic mass is 32.1. The maximum absolute atomic E-state index is 6.45. The van der Waals surface area contributed by atoms with E-state index in [-0.39, 0.29) is 0 Å². The Bertz CT molecular complexity index is 3320. The summed E-state index contributed by atoms with van der Waals surface area (Å²) in [4.78, 5) is 2.42. The molecule has 0 unspecified atom stereocenters. The van der Waals surface area contributed by atoms with Crippen LogP contribution in [0, 0.1) is 0 Å². The van der Waals surface area contributed by atoms with Crippen LogP contribution in [0.25, 0.3) is 97.1 Å². The third kappa shape index (κ3) is 4.70. The number of para-hydroxylation sites is 4. The van der Waals surface area contributed by atoms with E-state index in [4.69, 9.17) is 8.83 Å². The van der Waals surface area contributed by atoms with E-state index in [9.17, 15) is 0 Å². The van der Waals surface area contributed by atoms with Gasteiger partial charge in [-0.3, -0.25) is 0 Å². The van der Waals surface area contributed by atoms with Crippen molar-refractivity contribution in [1.82, 2.24) is 0 Å². The van der Waals surface area contributed by atoms with Gasteiger partial charge in [-0.25, -0.2) is 0 Å². The first-order chi connectivity index (χ1) is 27.8. The molecule has 12 rings (SSSR count). The Morgan fingerprint density at radius 2 is 0.875 bits per heavy atom. The van der Waals surface area contributed by atoms with Crippen molar-refractivity contribution in [1.29, 1.82) is 0 Å². The molecule has 3 aromatic heterocycles. The SMILES string of the molecule is c1ccc2c(c1)cc(N(c1ccc(-c3cccc4c3oc3ccccc34)cc1)c1ccc(-c3cccc4c3oc3ccccc34)cc1)c1sc3ccccc3c12. The molecule has 56 heavy (non-hydrogen) atoms. The van der Waals surface area contributed by atoms with Crippen LogP contribution in [-0.2, 0) is 0 Å². The Kier molecular flexibility index (Phi) is 6.80. The van der Waals surface area contributed by atoms with E-state index < -0.39 is 0 Å². The Morgan fingerprint density at radius 1 is 0.393 bits per heavy atom. The van der Waals surface area contributed by atoms with E-state index in [1.165, 1.54) is 30.9 Å². The quantitative estimate of drug-likeness (QED) is 0.176. The Hall–Kier alpha value is -7.14. The zero-order chi connectivity index (χ0) is 36.7. The minimum atomic E-state index is 0.904. The number of nitrogens with zero attached hydrogens (tertiary/aromatic N) is 1. The fourth-order valence-electron chi connectivity index (χ4n) is 8.68. The lowest BCUT2D eigenvalue weighted by Gasteiger charge is -2.27. The summed E-state index contributed by atoms with van der Waals surface area (Å²) >= 11 is 1.86. The summed E-state index contributed by atoms with van der Waals surface area (Å²) in [5.41, 5.74) is 11.3. The van der Waals surface area contributed by atoms with E-state index in [1.54, 1.807) is 0 Å². The second-order valence-corrected chi connectivity index (χ2v) is 15.5. The van der Waals surface area contributed by atoms with Crippen LogP contribution in [0.1, 0.15) is 0 Å². The van der Waals surface area contributed by atoms with Crippen LogP contribution in [0.15, 0.2) is 197 Å². The number of fused-ring (bicyclic) bond motifs is 11. The van der Waals surface area contributed by atoms with Gasteiger partial charge < -0.3 is 13.7 Å². The average Bonchev–Trinajstić information content (AvgIpc) is 3.96. The molecule has 0 spiro atoms. The van der Waals surface area contributed by atoms with Crippen LogP contribution < -0.4 is 4.90 Å². The van der Waals surface area contributed by atoms with Crippen molar-refractivity contribution in [3.05, 3.63) is 188 Å². The standard InChI is InChI=1S/C52H31NO2S/c1-2-12-37-34(11-1)31-45(52-49(37)44-15-5-8-22-48(44)56-52)53(35-27-23-32(24-28-35)38-16-9-18-42-40-13-3-6-20-46(40)54-50(38)42)36-29-25-33(26-30-36)39-17-10-19-43-41-14-4-7-21-47(41)55-51(39)43/h1-31H. The number of thiophene rings is 1. The lowest BCUT2D eigenvalue weighted by molar-refractivity contribution is 0.669. The molecule has 9 aromatic carbocycles. The van der Waals surface area contributed by atoms with Gasteiger partial charge >= 0.3 is 0 Å². The van der Waals surface area contributed by atoms with Crippen LogP contribution in [-0.4, -0.2) is 0 Å². The minimum absolute atomic E-state index is 0.904. The molecular weight excluding hydrogens is 703 g/mol. The fraction of sp³-hybridized carbons (Fsp3) is 0.